The third kappa shape index (κ3) is 3.10. The van der Waals surface area contributed by atoms with Crippen LogP contribution in [-0.4, -0.2) is 56.1 Å². The van der Waals surface area contributed by atoms with E-state index in [0.717, 1.165) is 13.0 Å². The molecule has 0 aliphatic carbocycles. The van der Waals surface area contributed by atoms with E-state index in [1.54, 1.807) is 11.9 Å². The largest absolute Gasteiger partial charge is 0.357 e. The van der Waals surface area contributed by atoms with Crippen molar-refractivity contribution in [2.75, 3.05) is 33.2 Å². The van der Waals surface area contributed by atoms with Crippen LogP contribution in [0, 0.1) is 0 Å². The summed E-state index contributed by atoms with van der Waals surface area (Å²) in [5, 5.41) is 8.47. The van der Waals surface area contributed by atoms with Gasteiger partial charge >= 0.3 is 6.03 Å². The minimum absolute atomic E-state index is 0.126. The van der Waals surface area contributed by atoms with Crippen LogP contribution < -0.4 is 16.0 Å². The number of nitrogens with one attached hydrogen (secondary N) is 3. The van der Waals surface area contributed by atoms with Crippen molar-refractivity contribution in [2.24, 2.45) is 0 Å². The van der Waals surface area contributed by atoms with Gasteiger partial charge in [-0.3, -0.25) is 4.79 Å². The number of hydrogen-bond donors (Lipinski definition) is 3. The van der Waals surface area contributed by atoms with E-state index < -0.39 is 6.04 Å². The second-order valence-electron chi connectivity index (χ2n) is 3.76. The van der Waals surface area contributed by atoms with Gasteiger partial charge in [0.15, 0.2) is 0 Å². The minimum atomic E-state index is -0.407. The average Bonchev–Trinajstić information content (AvgIpc) is 2.35. The van der Waals surface area contributed by atoms with Gasteiger partial charge in [-0.2, -0.15) is 0 Å². The Morgan fingerprint density at radius 3 is 2.88 bits per heavy atom. The third-order valence-electron chi connectivity index (χ3n) is 2.58. The van der Waals surface area contributed by atoms with Gasteiger partial charge in [0.1, 0.15) is 6.04 Å². The van der Waals surface area contributed by atoms with E-state index in [4.69, 9.17) is 0 Å². The zero-order valence-electron chi connectivity index (χ0n) is 9.88. The maximum absolute atomic E-state index is 11.8. The van der Waals surface area contributed by atoms with Crippen molar-refractivity contribution >= 4 is 11.9 Å². The molecule has 0 aromatic carbocycles. The van der Waals surface area contributed by atoms with Gasteiger partial charge in [-0.1, -0.05) is 6.92 Å². The van der Waals surface area contributed by atoms with Crippen LogP contribution in [-0.2, 0) is 4.79 Å². The molecule has 92 valence electrons. The molecular weight excluding hydrogens is 208 g/mol. The molecule has 1 aliphatic heterocycles. The zero-order chi connectivity index (χ0) is 12.0. The number of carbonyl (C=O) groups excluding carboxylic acids is 2. The van der Waals surface area contributed by atoms with Crippen molar-refractivity contribution in [3.8, 4) is 0 Å². The molecule has 0 radical (unpaired) electrons. The third-order valence-corrected chi connectivity index (χ3v) is 2.58. The number of rotatable bonds is 3. The molecule has 1 heterocycles. The van der Waals surface area contributed by atoms with Crippen LogP contribution >= 0.6 is 0 Å². The smallest absolute Gasteiger partial charge is 0.318 e. The molecule has 1 saturated heterocycles. The molecule has 16 heavy (non-hydrogen) atoms. The van der Waals surface area contributed by atoms with Gasteiger partial charge < -0.3 is 20.9 Å². The van der Waals surface area contributed by atoms with Crippen LogP contribution in [0.3, 0.4) is 0 Å². The fourth-order valence-corrected chi connectivity index (χ4v) is 1.68. The van der Waals surface area contributed by atoms with Gasteiger partial charge in [0.05, 0.1) is 0 Å². The van der Waals surface area contributed by atoms with Gasteiger partial charge in [-0.25, -0.2) is 4.79 Å². The van der Waals surface area contributed by atoms with E-state index in [9.17, 15) is 9.59 Å². The Balaban J connectivity index is 2.59. The summed E-state index contributed by atoms with van der Waals surface area (Å²) < 4.78 is 0. The van der Waals surface area contributed by atoms with Gasteiger partial charge in [0.25, 0.3) is 0 Å². The van der Waals surface area contributed by atoms with Crippen molar-refractivity contribution in [1.82, 2.24) is 20.9 Å². The van der Waals surface area contributed by atoms with Crippen molar-refractivity contribution in [3.63, 3.8) is 0 Å². The molecule has 6 nitrogen and oxygen atoms in total. The van der Waals surface area contributed by atoms with E-state index in [-0.39, 0.29) is 11.9 Å². The summed E-state index contributed by atoms with van der Waals surface area (Å²) in [6, 6.07) is -0.562. The predicted octanol–water partition coefficient (Wildman–Crippen LogP) is -0.874. The van der Waals surface area contributed by atoms with Crippen LogP contribution in [0.25, 0.3) is 0 Å². The summed E-state index contributed by atoms with van der Waals surface area (Å²) in [6.45, 7) is 4.44. The van der Waals surface area contributed by atoms with Crippen LogP contribution in [0.5, 0.6) is 0 Å². The summed E-state index contributed by atoms with van der Waals surface area (Å²) >= 11 is 0. The first-order valence-electron chi connectivity index (χ1n) is 5.67. The van der Waals surface area contributed by atoms with E-state index in [0.29, 0.717) is 19.6 Å². The standard InChI is InChI=1S/C10H20N4O2/c1-3-4-13-10(16)14-6-5-12-7-8(14)9(15)11-2/h8,12H,3-7H2,1-2H3,(H,11,15)(H,13,16). The molecule has 0 bridgehead atoms. The van der Waals surface area contributed by atoms with Crippen molar-refractivity contribution in [3.05, 3.63) is 0 Å². The maximum atomic E-state index is 11.8. The number of carbonyl (C=O) groups is 2. The first-order chi connectivity index (χ1) is 7.70. The zero-order valence-corrected chi connectivity index (χ0v) is 9.88. The molecule has 1 rings (SSSR count). The Morgan fingerprint density at radius 2 is 2.25 bits per heavy atom. The van der Waals surface area contributed by atoms with Crippen molar-refractivity contribution in [1.29, 1.82) is 0 Å². The Morgan fingerprint density at radius 1 is 1.50 bits per heavy atom. The summed E-state index contributed by atoms with van der Waals surface area (Å²) in [5.74, 6) is -0.126. The van der Waals surface area contributed by atoms with Crippen LogP contribution in [0.2, 0.25) is 0 Å². The van der Waals surface area contributed by atoms with E-state index in [2.05, 4.69) is 16.0 Å². The summed E-state index contributed by atoms with van der Waals surface area (Å²) in [4.78, 5) is 25.0. The molecule has 1 unspecified atom stereocenters. The molecule has 1 atom stereocenters. The Hall–Kier alpha value is -1.30. The topological polar surface area (TPSA) is 73.5 Å². The molecule has 0 aromatic heterocycles. The maximum Gasteiger partial charge on any atom is 0.318 e. The lowest BCUT2D eigenvalue weighted by Gasteiger charge is -2.34. The normalized spacial score (nSPS) is 20.4. The molecule has 3 amide bonds. The lowest BCUT2D eigenvalue weighted by molar-refractivity contribution is -0.125. The van der Waals surface area contributed by atoms with Gasteiger partial charge in [0, 0.05) is 33.2 Å². The van der Waals surface area contributed by atoms with Gasteiger partial charge in [-0.05, 0) is 6.42 Å². The summed E-state index contributed by atoms with van der Waals surface area (Å²) in [5.41, 5.74) is 0. The minimum Gasteiger partial charge on any atom is -0.357 e. The second kappa shape index (κ2) is 6.32. The molecule has 1 aliphatic rings. The highest BCUT2D eigenvalue weighted by Crippen LogP contribution is 2.03. The SMILES string of the molecule is CCCNC(=O)N1CCNCC1C(=O)NC. The number of hydrogen-bond acceptors (Lipinski definition) is 3. The summed E-state index contributed by atoms with van der Waals surface area (Å²) in [7, 11) is 1.58. The Labute approximate surface area is 95.8 Å². The fourth-order valence-electron chi connectivity index (χ4n) is 1.68. The second-order valence-corrected chi connectivity index (χ2v) is 3.76. The Kier molecular flexibility index (Phi) is 5.04. The van der Waals surface area contributed by atoms with Crippen molar-refractivity contribution in [2.45, 2.75) is 19.4 Å². The lowest BCUT2D eigenvalue weighted by atomic mass is 10.2. The van der Waals surface area contributed by atoms with Crippen LogP contribution in [0.15, 0.2) is 0 Å². The first-order valence-corrected chi connectivity index (χ1v) is 5.67. The first kappa shape index (κ1) is 12.8. The molecular formula is C10H20N4O2. The predicted molar refractivity (Wildman–Crippen MR) is 61.1 cm³/mol. The molecule has 0 spiro atoms. The highest BCUT2D eigenvalue weighted by molar-refractivity contribution is 5.87. The molecule has 1 fully saturated rings. The highest BCUT2D eigenvalue weighted by Gasteiger charge is 2.31. The number of likely N-dealkylation sites (N-methyl/N-ethyl adjacent to an activating group) is 1. The highest BCUT2D eigenvalue weighted by atomic mass is 16.2. The Bertz CT molecular complexity index is 257. The average molecular weight is 228 g/mol. The summed E-state index contributed by atoms with van der Waals surface area (Å²) in [6.07, 6.45) is 0.891. The van der Waals surface area contributed by atoms with E-state index in [1.807, 2.05) is 6.92 Å². The van der Waals surface area contributed by atoms with E-state index in [1.165, 1.54) is 0 Å². The van der Waals surface area contributed by atoms with Crippen molar-refractivity contribution < 1.29 is 9.59 Å². The number of urea groups is 1. The van der Waals surface area contributed by atoms with E-state index >= 15 is 0 Å². The fraction of sp³-hybridized carbons (Fsp3) is 0.800. The van der Waals surface area contributed by atoms with Crippen LogP contribution in [0.1, 0.15) is 13.3 Å². The molecule has 6 heteroatoms. The van der Waals surface area contributed by atoms with Gasteiger partial charge in [-0.15, -0.1) is 0 Å². The number of piperazine rings is 1. The quantitative estimate of drug-likeness (QED) is 0.587. The molecule has 0 saturated carbocycles. The van der Waals surface area contributed by atoms with Gasteiger partial charge in [0.2, 0.25) is 5.91 Å². The number of amides is 3. The number of nitrogens with zero attached hydrogens (tertiary/aromatic N) is 1. The van der Waals surface area contributed by atoms with Crippen LogP contribution in [0.4, 0.5) is 4.79 Å². The molecule has 0 aromatic rings. The molecule has 3 N–H and O–H groups in total. The lowest BCUT2D eigenvalue weighted by Crippen LogP contribution is -2.61. The monoisotopic (exact) mass is 228 g/mol.